The highest BCUT2D eigenvalue weighted by Crippen LogP contribution is 2.15. The summed E-state index contributed by atoms with van der Waals surface area (Å²) < 4.78 is 7.36. The Morgan fingerprint density at radius 3 is 2.94 bits per heavy atom. The fraction of sp³-hybridized carbons (Fsp3) is 0.750. The van der Waals surface area contributed by atoms with E-state index in [1.807, 2.05) is 6.20 Å². The maximum atomic E-state index is 5.14. The molecule has 0 saturated carbocycles. The first-order chi connectivity index (χ1) is 7.83. The van der Waals surface area contributed by atoms with E-state index in [0.29, 0.717) is 6.04 Å². The van der Waals surface area contributed by atoms with Crippen LogP contribution in [0.1, 0.15) is 38.6 Å². The van der Waals surface area contributed by atoms with Gasteiger partial charge in [0.25, 0.3) is 0 Å². The first-order valence-corrected chi connectivity index (χ1v) is 6.06. The average molecular weight is 225 g/mol. The summed E-state index contributed by atoms with van der Waals surface area (Å²) in [5, 5.41) is 3.46. The van der Waals surface area contributed by atoms with Gasteiger partial charge in [-0.3, -0.25) is 0 Å². The third kappa shape index (κ3) is 3.61. The van der Waals surface area contributed by atoms with Crippen LogP contribution < -0.4 is 5.32 Å². The Labute approximate surface area is 98.0 Å². The Bertz CT molecular complexity index is 286. The van der Waals surface area contributed by atoms with E-state index < -0.39 is 0 Å². The topological polar surface area (TPSA) is 39.1 Å². The standard InChI is InChI=1S/C12H23N3O/c1-4-8-15-9-7-14-12(15)11(13-5-2)6-10-16-3/h7,9,11,13H,4-6,8,10H2,1-3H3. The van der Waals surface area contributed by atoms with Gasteiger partial charge in [0.05, 0.1) is 6.04 Å². The van der Waals surface area contributed by atoms with Gasteiger partial charge < -0.3 is 14.6 Å². The second-order valence-corrected chi connectivity index (χ2v) is 3.87. The molecule has 92 valence electrons. The molecule has 0 radical (unpaired) electrons. The fourth-order valence-electron chi connectivity index (χ4n) is 1.87. The highest BCUT2D eigenvalue weighted by Gasteiger charge is 2.15. The number of methoxy groups -OCH3 is 1. The largest absolute Gasteiger partial charge is 0.385 e. The molecule has 0 fully saturated rings. The smallest absolute Gasteiger partial charge is 0.125 e. The van der Waals surface area contributed by atoms with Gasteiger partial charge in [0, 0.05) is 32.7 Å². The quantitative estimate of drug-likeness (QED) is 0.735. The zero-order valence-electron chi connectivity index (χ0n) is 10.6. The molecule has 1 aromatic heterocycles. The fourth-order valence-corrected chi connectivity index (χ4v) is 1.87. The van der Waals surface area contributed by atoms with Crippen LogP contribution in [0.5, 0.6) is 0 Å². The van der Waals surface area contributed by atoms with E-state index in [1.54, 1.807) is 7.11 Å². The van der Waals surface area contributed by atoms with Gasteiger partial charge in [-0.1, -0.05) is 13.8 Å². The van der Waals surface area contributed by atoms with E-state index in [2.05, 4.69) is 34.9 Å². The molecule has 0 spiro atoms. The molecule has 0 bridgehead atoms. The van der Waals surface area contributed by atoms with E-state index in [-0.39, 0.29) is 0 Å². The zero-order valence-corrected chi connectivity index (χ0v) is 10.6. The second-order valence-electron chi connectivity index (χ2n) is 3.87. The van der Waals surface area contributed by atoms with Gasteiger partial charge in [-0.05, 0) is 19.4 Å². The van der Waals surface area contributed by atoms with Gasteiger partial charge in [-0.15, -0.1) is 0 Å². The highest BCUT2D eigenvalue weighted by molar-refractivity contribution is 4.99. The molecule has 0 amide bonds. The molecular weight excluding hydrogens is 202 g/mol. The molecule has 1 rings (SSSR count). The van der Waals surface area contributed by atoms with Crippen LogP contribution in [0.15, 0.2) is 12.4 Å². The second kappa shape index (κ2) is 7.41. The van der Waals surface area contributed by atoms with Gasteiger partial charge in [0.15, 0.2) is 0 Å². The van der Waals surface area contributed by atoms with Crippen molar-refractivity contribution in [3.8, 4) is 0 Å². The van der Waals surface area contributed by atoms with Crippen LogP contribution in [0.2, 0.25) is 0 Å². The van der Waals surface area contributed by atoms with E-state index >= 15 is 0 Å². The molecule has 0 aliphatic rings. The minimum absolute atomic E-state index is 0.298. The van der Waals surface area contributed by atoms with Gasteiger partial charge >= 0.3 is 0 Å². The molecule has 1 unspecified atom stereocenters. The van der Waals surface area contributed by atoms with Gasteiger partial charge in [-0.2, -0.15) is 0 Å². The van der Waals surface area contributed by atoms with Crippen molar-refractivity contribution in [2.45, 2.75) is 39.3 Å². The number of hydrogen-bond acceptors (Lipinski definition) is 3. The Morgan fingerprint density at radius 2 is 2.31 bits per heavy atom. The van der Waals surface area contributed by atoms with Crippen LogP contribution >= 0.6 is 0 Å². The molecule has 0 saturated heterocycles. The number of hydrogen-bond donors (Lipinski definition) is 1. The molecule has 16 heavy (non-hydrogen) atoms. The van der Waals surface area contributed by atoms with Crippen molar-refractivity contribution in [1.29, 1.82) is 0 Å². The average Bonchev–Trinajstić information content (AvgIpc) is 2.73. The molecule has 0 aromatic carbocycles. The van der Waals surface area contributed by atoms with Crippen LogP contribution in [-0.2, 0) is 11.3 Å². The Kier molecular flexibility index (Phi) is 6.11. The molecule has 0 aliphatic carbocycles. The summed E-state index contributed by atoms with van der Waals surface area (Å²) in [6.07, 6.45) is 6.02. The number of rotatable bonds is 8. The number of nitrogens with zero attached hydrogens (tertiary/aromatic N) is 2. The summed E-state index contributed by atoms with van der Waals surface area (Å²) >= 11 is 0. The molecule has 1 atom stereocenters. The van der Waals surface area contributed by atoms with Crippen LogP contribution in [0.4, 0.5) is 0 Å². The van der Waals surface area contributed by atoms with Crippen molar-refractivity contribution in [2.75, 3.05) is 20.3 Å². The molecule has 0 aliphatic heterocycles. The number of aromatic nitrogens is 2. The van der Waals surface area contributed by atoms with Crippen molar-refractivity contribution in [2.24, 2.45) is 0 Å². The van der Waals surface area contributed by atoms with Crippen LogP contribution in [-0.4, -0.2) is 29.8 Å². The lowest BCUT2D eigenvalue weighted by atomic mass is 10.2. The number of aryl methyl sites for hydroxylation is 1. The molecular formula is C12H23N3O. The Morgan fingerprint density at radius 1 is 1.50 bits per heavy atom. The van der Waals surface area contributed by atoms with Gasteiger partial charge in [0.2, 0.25) is 0 Å². The lowest BCUT2D eigenvalue weighted by molar-refractivity contribution is 0.181. The summed E-state index contributed by atoms with van der Waals surface area (Å²) in [4.78, 5) is 4.45. The predicted molar refractivity (Wildman–Crippen MR) is 65.4 cm³/mol. The van der Waals surface area contributed by atoms with Gasteiger partial charge in [-0.25, -0.2) is 4.98 Å². The summed E-state index contributed by atoms with van der Waals surface area (Å²) in [5.74, 6) is 1.13. The highest BCUT2D eigenvalue weighted by atomic mass is 16.5. The van der Waals surface area contributed by atoms with E-state index in [1.165, 1.54) is 0 Å². The first-order valence-electron chi connectivity index (χ1n) is 6.06. The van der Waals surface area contributed by atoms with Crippen molar-refractivity contribution in [3.63, 3.8) is 0 Å². The summed E-state index contributed by atoms with van der Waals surface area (Å²) in [6.45, 7) is 7.04. The number of ether oxygens (including phenoxy) is 1. The van der Waals surface area contributed by atoms with Crippen LogP contribution in [0.25, 0.3) is 0 Å². The Hall–Kier alpha value is -0.870. The normalized spacial score (nSPS) is 12.9. The molecule has 1 aromatic rings. The lowest BCUT2D eigenvalue weighted by Crippen LogP contribution is -2.25. The van der Waals surface area contributed by atoms with Crippen LogP contribution in [0.3, 0.4) is 0 Å². The first kappa shape index (κ1) is 13.2. The minimum atomic E-state index is 0.298. The van der Waals surface area contributed by atoms with E-state index in [4.69, 9.17) is 4.74 Å². The molecule has 4 nitrogen and oxygen atoms in total. The summed E-state index contributed by atoms with van der Waals surface area (Å²) in [5.41, 5.74) is 0. The van der Waals surface area contributed by atoms with Crippen molar-refractivity contribution < 1.29 is 4.74 Å². The third-order valence-electron chi connectivity index (χ3n) is 2.59. The van der Waals surface area contributed by atoms with Crippen molar-refractivity contribution >= 4 is 0 Å². The van der Waals surface area contributed by atoms with Crippen molar-refractivity contribution in [1.82, 2.24) is 14.9 Å². The van der Waals surface area contributed by atoms with Crippen LogP contribution in [0, 0.1) is 0 Å². The van der Waals surface area contributed by atoms with E-state index in [9.17, 15) is 0 Å². The van der Waals surface area contributed by atoms with E-state index in [0.717, 1.165) is 38.4 Å². The predicted octanol–water partition coefficient (Wildman–Crippen LogP) is 1.98. The molecule has 1 N–H and O–H groups in total. The Balaban J connectivity index is 2.70. The number of imidazole rings is 1. The maximum Gasteiger partial charge on any atom is 0.125 e. The van der Waals surface area contributed by atoms with Gasteiger partial charge in [0.1, 0.15) is 5.82 Å². The maximum absolute atomic E-state index is 5.14. The molecule has 4 heteroatoms. The number of nitrogens with one attached hydrogen (secondary N) is 1. The summed E-state index contributed by atoms with van der Waals surface area (Å²) in [6, 6.07) is 0.298. The summed E-state index contributed by atoms with van der Waals surface area (Å²) in [7, 11) is 1.74. The lowest BCUT2D eigenvalue weighted by Gasteiger charge is -2.18. The SMILES string of the molecule is CCCn1ccnc1C(CCOC)NCC. The monoisotopic (exact) mass is 225 g/mol. The van der Waals surface area contributed by atoms with Crippen molar-refractivity contribution in [3.05, 3.63) is 18.2 Å². The third-order valence-corrected chi connectivity index (χ3v) is 2.59. The minimum Gasteiger partial charge on any atom is -0.385 e. The zero-order chi connectivity index (χ0) is 11.8. The molecule has 1 heterocycles.